The molecule has 1 aromatic carbocycles. The van der Waals surface area contributed by atoms with Crippen molar-refractivity contribution in [3.05, 3.63) is 47.5 Å². The number of aliphatic hydroxyl groups is 1. The van der Waals surface area contributed by atoms with Gasteiger partial charge < -0.3 is 19.7 Å². The van der Waals surface area contributed by atoms with Crippen LogP contribution in [-0.2, 0) is 13.0 Å². The summed E-state index contributed by atoms with van der Waals surface area (Å²) in [5, 5.41) is 9.24. The average molecular weight is 303 g/mol. The topological polar surface area (TPSA) is 78.5 Å². The number of carbonyl (C=O) groups is 1. The number of ether oxygens (including phenoxy) is 1. The molecule has 1 aromatic heterocycles. The van der Waals surface area contributed by atoms with Gasteiger partial charge in [0.15, 0.2) is 0 Å². The van der Waals surface area contributed by atoms with Crippen LogP contribution in [0.25, 0.3) is 0 Å². The Bertz CT molecular complexity index is 625. The number of aromatic amines is 1. The highest BCUT2D eigenvalue weighted by Crippen LogP contribution is 2.20. The van der Waals surface area contributed by atoms with Crippen molar-refractivity contribution in [1.82, 2.24) is 14.9 Å². The molecule has 6 heteroatoms. The molecule has 2 N–H and O–H groups in total. The van der Waals surface area contributed by atoms with Crippen LogP contribution in [-0.4, -0.2) is 46.1 Å². The number of amides is 1. The van der Waals surface area contributed by atoms with Crippen molar-refractivity contribution >= 4 is 5.91 Å². The van der Waals surface area contributed by atoms with Crippen LogP contribution >= 0.6 is 0 Å². The summed E-state index contributed by atoms with van der Waals surface area (Å²) in [6.07, 6.45) is 2.27. The fourth-order valence-corrected chi connectivity index (χ4v) is 2.23. The van der Waals surface area contributed by atoms with Crippen molar-refractivity contribution < 1.29 is 14.6 Å². The second-order valence-corrected chi connectivity index (χ2v) is 4.86. The zero-order chi connectivity index (χ0) is 15.9. The Kier molecular flexibility index (Phi) is 5.55. The lowest BCUT2D eigenvalue weighted by Gasteiger charge is -2.22. The number of benzene rings is 1. The highest BCUT2D eigenvalue weighted by molar-refractivity contribution is 5.92. The van der Waals surface area contributed by atoms with Gasteiger partial charge >= 0.3 is 0 Å². The van der Waals surface area contributed by atoms with Crippen molar-refractivity contribution in [3.63, 3.8) is 0 Å². The Balaban J connectivity index is 2.20. The summed E-state index contributed by atoms with van der Waals surface area (Å²) in [6.45, 7) is 2.48. The molecule has 1 amide bonds. The van der Waals surface area contributed by atoms with Gasteiger partial charge in [0.1, 0.15) is 17.3 Å². The molecule has 1 heterocycles. The second-order valence-electron chi connectivity index (χ2n) is 4.86. The minimum atomic E-state index is -0.188. The average Bonchev–Trinajstić information content (AvgIpc) is 3.03. The second kappa shape index (κ2) is 7.61. The SMILES string of the molecule is CCc1ncc(C(=O)N(CCO)Cc2ccccc2OC)[nH]1. The number of para-hydroxylation sites is 1. The number of rotatable bonds is 7. The summed E-state index contributed by atoms with van der Waals surface area (Å²) in [6, 6.07) is 7.52. The molecular weight excluding hydrogens is 282 g/mol. The Morgan fingerprint density at radius 1 is 1.41 bits per heavy atom. The standard InChI is InChI=1S/C16H21N3O3/c1-3-15-17-10-13(18-15)16(21)19(8-9-20)11-12-6-4-5-7-14(12)22-2/h4-7,10,20H,3,8-9,11H2,1-2H3,(H,17,18). The fourth-order valence-electron chi connectivity index (χ4n) is 2.23. The molecule has 0 atom stereocenters. The molecule has 22 heavy (non-hydrogen) atoms. The molecular formula is C16H21N3O3. The van der Waals surface area contributed by atoms with Crippen LogP contribution in [0.2, 0.25) is 0 Å². The van der Waals surface area contributed by atoms with E-state index in [0.717, 1.165) is 23.6 Å². The molecule has 0 saturated heterocycles. The summed E-state index contributed by atoms with van der Waals surface area (Å²) in [5.74, 6) is 1.30. The summed E-state index contributed by atoms with van der Waals surface area (Å²) >= 11 is 0. The van der Waals surface area contributed by atoms with Crippen molar-refractivity contribution in [2.75, 3.05) is 20.3 Å². The Morgan fingerprint density at radius 3 is 2.82 bits per heavy atom. The molecule has 0 bridgehead atoms. The van der Waals surface area contributed by atoms with Gasteiger partial charge in [0.05, 0.1) is 19.9 Å². The highest BCUT2D eigenvalue weighted by atomic mass is 16.5. The maximum atomic E-state index is 12.6. The predicted molar refractivity (Wildman–Crippen MR) is 82.8 cm³/mol. The quantitative estimate of drug-likeness (QED) is 0.814. The van der Waals surface area contributed by atoms with Gasteiger partial charge in [0.2, 0.25) is 0 Å². The number of carbonyl (C=O) groups excluding carboxylic acids is 1. The summed E-state index contributed by atoms with van der Waals surface area (Å²) < 4.78 is 5.31. The Morgan fingerprint density at radius 2 is 2.18 bits per heavy atom. The largest absolute Gasteiger partial charge is 0.496 e. The molecule has 118 valence electrons. The van der Waals surface area contributed by atoms with E-state index in [2.05, 4.69) is 9.97 Å². The van der Waals surface area contributed by atoms with E-state index in [0.29, 0.717) is 12.2 Å². The summed E-state index contributed by atoms with van der Waals surface area (Å²) in [4.78, 5) is 21.3. The number of imidazole rings is 1. The van der Waals surface area contributed by atoms with Crippen molar-refractivity contribution in [3.8, 4) is 5.75 Å². The molecule has 2 aromatic rings. The molecule has 0 unspecified atom stereocenters. The zero-order valence-corrected chi connectivity index (χ0v) is 12.9. The number of aromatic nitrogens is 2. The van der Waals surface area contributed by atoms with E-state index < -0.39 is 0 Å². The van der Waals surface area contributed by atoms with Crippen LogP contribution in [0.3, 0.4) is 0 Å². The first-order chi connectivity index (χ1) is 10.7. The van der Waals surface area contributed by atoms with Gasteiger partial charge in [-0.2, -0.15) is 0 Å². The first kappa shape index (κ1) is 16.0. The summed E-state index contributed by atoms with van der Waals surface area (Å²) in [5.41, 5.74) is 1.32. The molecule has 0 saturated carbocycles. The molecule has 0 radical (unpaired) electrons. The lowest BCUT2D eigenvalue weighted by Crippen LogP contribution is -2.33. The maximum Gasteiger partial charge on any atom is 0.272 e. The van der Waals surface area contributed by atoms with Gasteiger partial charge in [0, 0.05) is 25.1 Å². The van der Waals surface area contributed by atoms with Gasteiger partial charge in [-0.15, -0.1) is 0 Å². The number of nitrogens with one attached hydrogen (secondary N) is 1. The minimum absolute atomic E-state index is 0.102. The number of nitrogens with zero attached hydrogens (tertiary/aromatic N) is 2. The lowest BCUT2D eigenvalue weighted by atomic mass is 10.2. The van der Waals surface area contributed by atoms with Gasteiger partial charge in [-0.25, -0.2) is 4.98 Å². The van der Waals surface area contributed by atoms with Gasteiger partial charge in [-0.3, -0.25) is 4.79 Å². The van der Waals surface area contributed by atoms with Crippen LogP contribution in [0, 0.1) is 0 Å². The van der Waals surface area contributed by atoms with E-state index >= 15 is 0 Å². The van der Waals surface area contributed by atoms with E-state index in [1.165, 1.54) is 6.20 Å². The van der Waals surface area contributed by atoms with Gasteiger partial charge in [0.25, 0.3) is 5.91 Å². The Labute approximate surface area is 129 Å². The van der Waals surface area contributed by atoms with Crippen molar-refractivity contribution in [2.45, 2.75) is 19.9 Å². The highest BCUT2D eigenvalue weighted by Gasteiger charge is 2.19. The zero-order valence-electron chi connectivity index (χ0n) is 12.9. The van der Waals surface area contributed by atoms with Crippen LogP contribution in [0.1, 0.15) is 28.8 Å². The van der Waals surface area contributed by atoms with Crippen LogP contribution in [0.15, 0.2) is 30.5 Å². The van der Waals surface area contributed by atoms with E-state index in [4.69, 9.17) is 4.74 Å². The molecule has 0 aliphatic heterocycles. The third-order valence-electron chi connectivity index (χ3n) is 3.40. The lowest BCUT2D eigenvalue weighted by molar-refractivity contribution is 0.0701. The first-order valence-electron chi connectivity index (χ1n) is 7.25. The van der Waals surface area contributed by atoms with E-state index in [1.807, 2.05) is 31.2 Å². The number of hydrogen-bond acceptors (Lipinski definition) is 4. The Hall–Kier alpha value is -2.34. The molecule has 2 rings (SSSR count). The van der Waals surface area contributed by atoms with Crippen molar-refractivity contribution in [2.24, 2.45) is 0 Å². The van der Waals surface area contributed by atoms with Gasteiger partial charge in [-0.1, -0.05) is 25.1 Å². The third-order valence-corrected chi connectivity index (χ3v) is 3.40. The number of H-pyrrole nitrogens is 1. The molecule has 0 aliphatic carbocycles. The molecule has 0 fully saturated rings. The van der Waals surface area contributed by atoms with Crippen molar-refractivity contribution in [1.29, 1.82) is 0 Å². The number of aliphatic hydroxyl groups excluding tert-OH is 1. The van der Waals surface area contributed by atoms with E-state index in [1.54, 1.807) is 12.0 Å². The van der Waals surface area contributed by atoms with E-state index in [-0.39, 0.29) is 19.1 Å². The number of aryl methyl sites for hydroxylation is 1. The normalized spacial score (nSPS) is 10.5. The summed E-state index contributed by atoms with van der Waals surface area (Å²) in [7, 11) is 1.60. The van der Waals surface area contributed by atoms with E-state index in [9.17, 15) is 9.90 Å². The molecule has 0 aliphatic rings. The number of hydrogen-bond donors (Lipinski definition) is 2. The van der Waals surface area contributed by atoms with Crippen LogP contribution < -0.4 is 4.74 Å². The monoisotopic (exact) mass is 303 g/mol. The first-order valence-corrected chi connectivity index (χ1v) is 7.25. The fraction of sp³-hybridized carbons (Fsp3) is 0.375. The predicted octanol–water partition coefficient (Wildman–Crippen LogP) is 1.62. The van der Waals surface area contributed by atoms with Crippen LogP contribution in [0.4, 0.5) is 0 Å². The van der Waals surface area contributed by atoms with Gasteiger partial charge in [-0.05, 0) is 6.07 Å². The minimum Gasteiger partial charge on any atom is -0.496 e. The number of methoxy groups -OCH3 is 1. The maximum absolute atomic E-state index is 12.6. The smallest absolute Gasteiger partial charge is 0.272 e. The third kappa shape index (κ3) is 3.65. The molecule has 0 spiro atoms. The molecule has 6 nitrogen and oxygen atoms in total. The van der Waals surface area contributed by atoms with Crippen LogP contribution in [0.5, 0.6) is 5.75 Å².